The molecule has 49 heavy (non-hydrogen) atoms. The summed E-state index contributed by atoms with van der Waals surface area (Å²) in [5.41, 5.74) is 0.502. The third-order valence-electron chi connectivity index (χ3n) is 11.1. The van der Waals surface area contributed by atoms with Gasteiger partial charge in [0.2, 0.25) is 5.91 Å². The van der Waals surface area contributed by atoms with Crippen LogP contribution in [0.4, 0.5) is 5.69 Å². The number of ether oxygens (including phenoxy) is 2. The summed E-state index contributed by atoms with van der Waals surface area (Å²) in [7, 11) is -0.0373. The van der Waals surface area contributed by atoms with E-state index in [2.05, 4.69) is 4.90 Å². The van der Waals surface area contributed by atoms with Crippen LogP contribution in [-0.4, -0.2) is 88.0 Å². The first-order valence-electron chi connectivity index (χ1n) is 17.5. The molecule has 2 N–H and O–H groups in total. The van der Waals surface area contributed by atoms with Crippen LogP contribution in [0.25, 0.3) is 0 Å². The fourth-order valence-electron chi connectivity index (χ4n) is 7.71. The van der Waals surface area contributed by atoms with Crippen LogP contribution in [-0.2, 0) is 43.2 Å². The number of carbonyl (C=O) groups excluding carboxylic acids is 2. The number of carbonyl (C=O) groups is 2. The van der Waals surface area contributed by atoms with Gasteiger partial charge in [0.25, 0.3) is 5.91 Å². The Morgan fingerprint density at radius 3 is 2.63 bits per heavy atom. The first-order valence-corrected chi connectivity index (χ1v) is 19.3. The highest BCUT2D eigenvalue weighted by molar-refractivity contribution is 7.87. The summed E-state index contributed by atoms with van der Waals surface area (Å²) in [5, 5.41) is 12.9. The van der Waals surface area contributed by atoms with Crippen molar-refractivity contribution >= 4 is 39.3 Å². The molecule has 0 aromatic heterocycles. The Morgan fingerprint density at radius 1 is 1.06 bits per heavy atom. The lowest BCUT2D eigenvalue weighted by molar-refractivity contribution is -0.148. The number of anilines is 1. The second-order valence-corrected chi connectivity index (χ2v) is 16.8. The van der Waals surface area contributed by atoms with E-state index in [1.165, 1.54) is 19.0 Å². The molecule has 0 radical (unpaired) electrons. The molecule has 268 valence electrons. The maximum absolute atomic E-state index is 13.9. The van der Waals surface area contributed by atoms with Crippen molar-refractivity contribution in [3.8, 4) is 5.75 Å². The van der Waals surface area contributed by atoms with E-state index in [9.17, 15) is 23.1 Å². The predicted octanol–water partition coefficient (Wildman–Crippen LogP) is 4.25. The largest absolute Gasteiger partial charge is 0.487 e. The van der Waals surface area contributed by atoms with E-state index in [0.29, 0.717) is 60.5 Å². The highest BCUT2D eigenvalue weighted by atomic mass is 35.5. The third kappa shape index (κ3) is 7.88. The van der Waals surface area contributed by atoms with Crippen molar-refractivity contribution in [1.29, 1.82) is 0 Å². The molecule has 1 saturated heterocycles. The molecule has 13 heteroatoms. The van der Waals surface area contributed by atoms with E-state index in [-0.39, 0.29) is 11.7 Å². The van der Waals surface area contributed by atoms with Gasteiger partial charge >= 0.3 is 10.2 Å². The molecule has 6 rings (SSSR count). The number of amides is 2. The molecule has 4 aliphatic rings. The Morgan fingerprint density at radius 2 is 1.88 bits per heavy atom. The van der Waals surface area contributed by atoms with Crippen LogP contribution >= 0.6 is 11.6 Å². The average molecular weight is 717 g/mol. The number of rotatable bonds is 3. The van der Waals surface area contributed by atoms with Crippen LogP contribution in [0.1, 0.15) is 68.1 Å². The van der Waals surface area contributed by atoms with Gasteiger partial charge in [0.05, 0.1) is 18.2 Å². The number of hydrogen-bond donors (Lipinski definition) is 2. The first-order chi connectivity index (χ1) is 23.3. The smallest absolute Gasteiger partial charge is 0.303 e. The zero-order valence-corrected chi connectivity index (χ0v) is 30.3. The summed E-state index contributed by atoms with van der Waals surface area (Å²) in [6, 6.07) is 10.8. The molecule has 2 aromatic rings. The van der Waals surface area contributed by atoms with Crippen LogP contribution in [0.3, 0.4) is 0 Å². The van der Waals surface area contributed by atoms with Crippen molar-refractivity contribution in [1.82, 2.24) is 13.9 Å². The minimum atomic E-state index is -4.27. The standard InChI is InChI=1S/C36H49ClN4O7S/c1-39(2)49(45,46)38-35(43)36(44)21-34(42)40(3)16-13-24-14-17-47-33(18-24)30-11-8-26(30)22-41-15-5-4-6-25-19-29(37)10-7-27(25)23-48-32-12-9-28(36)20-31(32)41/h7,9-10,12,19-20,24,26,30,33,44H,4-6,8,11,13-18,21-23H2,1-3H3,(H,38,43)/t24-,26-,30+,33-,36+/m0/s1. The summed E-state index contributed by atoms with van der Waals surface area (Å²) in [6.45, 7) is 2.90. The quantitative estimate of drug-likeness (QED) is 0.483. The monoisotopic (exact) mass is 716 g/mol. The summed E-state index contributed by atoms with van der Waals surface area (Å²) in [4.78, 5) is 31.4. The number of fused-ring (bicyclic) bond motifs is 6. The average Bonchev–Trinajstić information content (AvgIpc) is 3.08. The lowest BCUT2D eigenvalue weighted by Crippen LogP contribution is -2.52. The minimum Gasteiger partial charge on any atom is -0.487 e. The number of hydrogen-bond acceptors (Lipinski definition) is 8. The molecular weight excluding hydrogens is 668 g/mol. The first kappa shape index (κ1) is 35.9. The van der Waals surface area contributed by atoms with Crippen molar-refractivity contribution in [2.75, 3.05) is 52.3 Å². The van der Waals surface area contributed by atoms with E-state index in [1.807, 2.05) is 22.9 Å². The number of aliphatic hydroxyl groups is 1. The highest BCUT2D eigenvalue weighted by Gasteiger charge is 2.45. The van der Waals surface area contributed by atoms with Gasteiger partial charge in [-0.3, -0.25) is 9.59 Å². The van der Waals surface area contributed by atoms with Crippen LogP contribution in [0.15, 0.2) is 36.4 Å². The number of benzene rings is 2. The number of nitrogens with one attached hydrogen (secondary N) is 1. The molecular formula is C36H49ClN4O7S. The molecule has 0 unspecified atom stereocenters. The Kier molecular flexibility index (Phi) is 10.8. The lowest BCUT2D eigenvalue weighted by Gasteiger charge is -2.47. The van der Waals surface area contributed by atoms with Gasteiger partial charge in [-0.25, -0.2) is 4.72 Å². The number of nitrogens with zero attached hydrogens (tertiary/aromatic N) is 3. The van der Waals surface area contributed by atoms with Gasteiger partial charge in [-0.1, -0.05) is 23.7 Å². The predicted molar refractivity (Wildman–Crippen MR) is 188 cm³/mol. The molecule has 5 atom stereocenters. The lowest BCUT2D eigenvalue weighted by atomic mass is 9.67. The Bertz CT molecular complexity index is 1660. The Labute approximate surface area is 295 Å². The summed E-state index contributed by atoms with van der Waals surface area (Å²) >= 11 is 6.37. The molecule has 3 heterocycles. The molecule has 11 nitrogen and oxygen atoms in total. The van der Waals surface area contributed by atoms with Gasteiger partial charge in [0.1, 0.15) is 12.4 Å². The fourth-order valence-corrected chi connectivity index (χ4v) is 8.49. The molecule has 1 aliphatic carbocycles. The van der Waals surface area contributed by atoms with Crippen molar-refractivity contribution in [3.63, 3.8) is 0 Å². The molecule has 1 saturated carbocycles. The highest BCUT2D eigenvalue weighted by Crippen LogP contribution is 2.45. The van der Waals surface area contributed by atoms with Crippen molar-refractivity contribution < 1.29 is 32.6 Å². The molecule has 0 spiro atoms. The minimum absolute atomic E-state index is 0.118. The molecule has 2 fully saturated rings. The summed E-state index contributed by atoms with van der Waals surface area (Å²) in [6.07, 6.45) is 7.06. The summed E-state index contributed by atoms with van der Waals surface area (Å²) in [5.74, 6) is 0.137. The van der Waals surface area contributed by atoms with Gasteiger partial charge < -0.3 is 24.4 Å². The second kappa shape index (κ2) is 14.8. The Hall–Kier alpha value is -2.90. The normalized spacial score (nSPS) is 28.3. The van der Waals surface area contributed by atoms with Gasteiger partial charge in [-0.05, 0) is 110 Å². The zero-order valence-electron chi connectivity index (χ0n) is 28.7. The van der Waals surface area contributed by atoms with Crippen LogP contribution in [0, 0.1) is 17.8 Å². The van der Waals surface area contributed by atoms with Crippen LogP contribution in [0.2, 0.25) is 5.02 Å². The second-order valence-electron chi connectivity index (χ2n) is 14.4. The molecule has 2 amide bonds. The molecule has 2 aromatic carbocycles. The summed E-state index contributed by atoms with van der Waals surface area (Å²) < 4.78 is 41.4. The van der Waals surface area contributed by atoms with E-state index in [1.54, 1.807) is 25.2 Å². The van der Waals surface area contributed by atoms with Gasteiger partial charge in [-0.2, -0.15) is 12.7 Å². The van der Waals surface area contributed by atoms with Crippen molar-refractivity contribution in [2.24, 2.45) is 17.8 Å². The van der Waals surface area contributed by atoms with Gasteiger partial charge in [-0.15, -0.1) is 0 Å². The maximum Gasteiger partial charge on any atom is 0.303 e. The maximum atomic E-state index is 13.9. The Balaban J connectivity index is 1.45. The van der Waals surface area contributed by atoms with E-state index >= 15 is 0 Å². The zero-order chi connectivity index (χ0) is 34.9. The number of halogens is 1. The van der Waals surface area contributed by atoms with Crippen LogP contribution < -0.4 is 14.4 Å². The molecule has 3 aliphatic heterocycles. The van der Waals surface area contributed by atoms with Crippen molar-refractivity contribution in [3.05, 3.63) is 58.1 Å². The molecule has 4 bridgehead atoms. The number of aryl methyl sites for hydroxylation is 1. The van der Waals surface area contributed by atoms with Crippen LogP contribution in [0.5, 0.6) is 5.75 Å². The van der Waals surface area contributed by atoms with Gasteiger partial charge in [0.15, 0.2) is 5.60 Å². The fraction of sp³-hybridized carbons (Fsp3) is 0.611. The SMILES string of the molecule is CN1CC[C@H]2CCO[C@@H](C2)[C@@H]2CC[C@H]2CN2CCCCc3cc(Cl)ccc3COc3ccc(cc32)[C@@](O)(C(=O)NS(=O)(=O)N(C)C)CC1=O. The topological polar surface area (TPSA) is 129 Å². The van der Waals surface area contributed by atoms with E-state index in [4.69, 9.17) is 21.1 Å². The third-order valence-corrected chi connectivity index (χ3v) is 12.7. The van der Waals surface area contributed by atoms with E-state index in [0.717, 1.165) is 73.3 Å². The van der Waals surface area contributed by atoms with Crippen molar-refractivity contribution in [2.45, 2.75) is 76.1 Å². The van der Waals surface area contributed by atoms with E-state index < -0.39 is 34.0 Å². The van der Waals surface area contributed by atoms with Gasteiger partial charge in [0, 0.05) is 52.4 Å².